The van der Waals surface area contributed by atoms with Gasteiger partial charge in [0.05, 0.1) is 19.6 Å². The second-order valence-electron chi connectivity index (χ2n) is 7.64. The van der Waals surface area contributed by atoms with Crippen LogP contribution in [-0.4, -0.2) is 45.9 Å². The van der Waals surface area contributed by atoms with Crippen LogP contribution in [-0.2, 0) is 22.5 Å². The van der Waals surface area contributed by atoms with E-state index in [4.69, 9.17) is 9.47 Å². The van der Waals surface area contributed by atoms with Gasteiger partial charge < -0.3 is 19.7 Å². The summed E-state index contributed by atoms with van der Waals surface area (Å²) in [5.41, 5.74) is 1.19. The molecule has 2 heterocycles. The molecule has 8 heteroatoms. The number of fused-ring (bicyclic) bond motifs is 1. The van der Waals surface area contributed by atoms with Crippen LogP contribution in [0.3, 0.4) is 0 Å². The number of aromatic nitrogens is 2. The summed E-state index contributed by atoms with van der Waals surface area (Å²) in [4.78, 5) is 26.2. The molecule has 2 amide bonds. The molecule has 3 rings (SSSR count). The van der Waals surface area contributed by atoms with Crippen molar-refractivity contribution in [3.63, 3.8) is 0 Å². The predicted molar refractivity (Wildman–Crippen MR) is 104 cm³/mol. The van der Waals surface area contributed by atoms with Crippen LogP contribution in [0.1, 0.15) is 38.4 Å². The molecule has 1 aromatic carbocycles. The van der Waals surface area contributed by atoms with Crippen LogP contribution in [0.5, 0.6) is 5.75 Å². The molecule has 0 fully saturated rings. The summed E-state index contributed by atoms with van der Waals surface area (Å²) < 4.78 is 11.0. The molecule has 8 nitrogen and oxygen atoms in total. The molecule has 0 aliphatic carbocycles. The van der Waals surface area contributed by atoms with Crippen molar-refractivity contribution in [3.8, 4) is 5.75 Å². The second kappa shape index (κ2) is 8.33. The molecule has 2 N–H and O–H groups in total. The van der Waals surface area contributed by atoms with Gasteiger partial charge in [0.1, 0.15) is 11.4 Å². The van der Waals surface area contributed by atoms with Gasteiger partial charge in [-0.25, -0.2) is 4.79 Å². The number of nitrogens with one attached hydrogen (secondary N) is 2. The number of amides is 2. The predicted octanol–water partition coefficient (Wildman–Crippen LogP) is 3.11. The average Bonchev–Trinajstić information content (AvgIpc) is 3.03. The lowest BCUT2D eigenvalue weighted by molar-refractivity contribution is -0.116. The molecule has 1 aromatic heterocycles. The van der Waals surface area contributed by atoms with E-state index in [-0.39, 0.29) is 25.0 Å². The fraction of sp³-hybridized carbons (Fsp3) is 0.450. The average molecular weight is 386 g/mol. The molecular formula is C20H26N4O4. The molecule has 0 unspecified atom stereocenters. The maximum atomic E-state index is 12.3. The summed E-state index contributed by atoms with van der Waals surface area (Å²) in [6, 6.07) is 9.34. The Labute approximate surface area is 164 Å². The number of anilines is 1. The third-order valence-electron chi connectivity index (χ3n) is 4.18. The Bertz CT molecular complexity index is 826. The number of hydrogen-bond donors (Lipinski definition) is 2. The fourth-order valence-electron chi connectivity index (χ4n) is 2.85. The van der Waals surface area contributed by atoms with Gasteiger partial charge in [-0.2, -0.15) is 5.10 Å². The van der Waals surface area contributed by atoms with E-state index in [1.54, 1.807) is 4.90 Å². The lowest BCUT2D eigenvalue weighted by Crippen LogP contribution is -2.40. The highest BCUT2D eigenvalue weighted by Gasteiger charge is 2.29. The van der Waals surface area contributed by atoms with Crippen molar-refractivity contribution in [3.05, 3.63) is 41.6 Å². The minimum absolute atomic E-state index is 0.195. The maximum absolute atomic E-state index is 12.3. The summed E-state index contributed by atoms with van der Waals surface area (Å²) in [5, 5.41) is 9.95. The number of benzene rings is 1. The number of nitrogens with zero attached hydrogens (tertiary/aromatic N) is 2. The summed E-state index contributed by atoms with van der Waals surface area (Å²) in [6.07, 6.45) is 0.467. The molecule has 0 bridgehead atoms. The largest absolute Gasteiger partial charge is 0.493 e. The van der Waals surface area contributed by atoms with Gasteiger partial charge in [0.2, 0.25) is 5.91 Å². The Morgan fingerprint density at radius 2 is 2.00 bits per heavy atom. The van der Waals surface area contributed by atoms with Crippen LogP contribution in [0.25, 0.3) is 0 Å². The van der Waals surface area contributed by atoms with Gasteiger partial charge >= 0.3 is 6.09 Å². The van der Waals surface area contributed by atoms with Crippen molar-refractivity contribution in [1.29, 1.82) is 0 Å². The van der Waals surface area contributed by atoms with Gasteiger partial charge in [0, 0.05) is 24.2 Å². The van der Waals surface area contributed by atoms with Gasteiger partial charge in [0.15, 0.2) is 5.82 Å². The standard InChI is InChI=1S/C20H26N4O4/c1-20(2,3)28-19(26)24-11-9-16-15(13-24)18(23-22-16)21-17(25)10-12-27-14-7-5-4-6-8-14/h4-8H,9-13H2,1-3H3,(H2,21,22,23,25). The van der Waals surface area contributed by atoms with Gasteiger partial charge in [-0.05, 0) is 32.9 Å². The third-order valence-corrected chi connectivity index (χ3v) is 4.18. The first-order valence-electron chi connectivity index (χ1n) is 9.33. The van der Waals surface area contributed by atoms with Gasteiger partial charge in [-0.1, -0.05) is 18.2 Å². The van der Waals surface area contributed by atoms with Crippen molar-refractivity contribution in [2.45, 2.75) is 45.8 Å². The molecule has 1 aliphatic heterocycles. The van der Waals surface area contributed by atoms with Crippen LogP contribution in [0.4, 0.5) is 10.6 Å². The Hall–Kier alpha value is -3.03. The van der Waals surface area contributed by atoms with Crippen LogP contribution >= 0.6 is 0 Å². The van der Waals surface area contributed by atoms with Gasteiger partial charge in [0.25, 0.3) is 0 Å². The molecule has 0 spiro atoms. The van der Waals surface area contributed by atoms with Gasteiger partial charge in [-0.3, -0.25) is 9.89 Å². The van der Waals surface area contributed by atoms with E-state index in [1.165, 1.54) is 0 Å². The zero-order valence-corrected chi connectivity index (χ0v) is 16.4. The minimum atomic E-state index is -0.552. The number of para-hydroxylation sites is 1. The van der Waals surface area contributed by atoms with E-state index < -0.39 is 5.60 Å². The van der Waals surface area contributed by atoms with E-state index in [2.05, 4.69) is 15.5 Å². The molecule has 2 aromatic rings. The smallest absolute Gasteiger partial charge is 0.410 e. The molecule has 28 heavy (non-hydrogen) atoms. The second-order valence-corrected chi connectivity index (χ2v) is 7.64. The Morgan fingerprint density at radius 1 is 1.25 bits per heavy atom. The summed E-state index contributed by atoms with van der Waals surface area (Å²) >= 11 is 0. The Balaban J connectivity index is 1.54. The summed E-state index contributed by atoms with van der Waals surface area (Å²) in [5.74, 6) is 0.980. The lowest BCUT2D eigenvalue weighted by atomic mass is 10.1. The molecule has 150 valence electrons. The Kier molecular flexibility index (Phi) is 5.87. The third kappa shape index (κ3) is 5.25. The summed E-state index contributed by atoms with van der Waals surface area (Å²) in [6.45, 7) is 6.66. The van der Waals surface area contributed by atoms with Crippen LogP contribution < -0.4 is 10.1 Å². The number of H-pyrrole nitrogens is 1. The van der Waals surface area contributed by atoms with E-state index in [1.807, 2.05) is 51.1 Å². The maximum Gasteiger partial charge on any atom is 0.410 e. The lowest BCUT2D eigenvalue weighted by Gasteiger charge is -2.30. The van der Waals surface area contributed by atoms with Crippen molar-refractivity contribution >= 4 is 17.8 Å². The number of rotatable bonds is 5. The first-order valence-corrected chi connectivity index (χ1v) is 9.33. The number of carbonyl (C=O) groups is 2. The molecule has 0 saturated heterocycles. The quantitative estimate of drug-likeness (QED) is 0.823. The van der Waals surface area contributed by atoms with Crippen molar-refractivity contribution in [2.75, 3.05) is 18.5 Å². The SMILES string of the molecule is CC(C)(C)OC(=O)N1CCc2[nH]nc(NC(=O)CCOc3ccccc3)c2C1. The number of aromatic amines is 1. The number of carbonyl (C=O) groups excluding carboxylic acids is 2. The van der Waals surface area contributed by atoms with E-state index >= 15 is 0 Å². The highest BCUT2D eigenvalue weighted by Crippen LogP contribution is 2.25. The molecule has 1 aliphatic rings. The first kappa shape index (κ1) is 19.7. The van der Waals surface area contributed by atoms with Gasteiger partial charge in [-0.15, -0.1) is 0 Å². The van der Waals surface area contributed by atoms with Crippen molar-refractivity contribution in [1.82, 2.24) is 15.1 Å². The summed E-state index contributed by atoms with van der Waals surface area (Å²) in [7, 11) is 0. The zero-order valence-electron chi connectivity index (χ0n) is 16.4. The number of ether oxygens (including phenoxy) is 2. The zero-order chi connectivity index (χ0) is 20.1. The topological polar surface area (TPSA) is 96.5 Å². The molecule has 0 atom stereocenters. The van der Waals surface area contributed by atoms with E-state index in [9.17, 15) is 9.59 Å². The first-order chi connectivity index (χ1) is 13.3. The van der Waals surface area contributed by atoms with E-state index in [0.29, 0.717) is 25.3 Å². The van der Waals surface area contributed by atoms with Crippen LogP contribution in [0.2, 0.25) is 0 Å². The highest BCUT2D eigenvalue weighted by atomic mass is 16.6. The van der Waals surface area contributed by atoms with Crippen LogP contribution in [0.15, 0.2) is 30.3 Å². The fourth-order valence-corrected chi connectivity index (χ4v) is 2.85. The highest BCUT2D eigenvalue weighted by molar-refractivity contribution is 5.90. The molecule has 0 radical (unpaired) electrons. The van der Waals surface area contributed by atoms with E-state index in [0.717, 1.165) is 17.0 Å². The normalized spacial score (nSPS) is 13.6. The Morgan fingerprint density at radius 3 is 2.71 bits per heavy atom. The van der Waals surface area contributed by atoms with Crippen molar-refractivity contribution < 1.29 is 19.1 Å². The molecular weight excluding hydrogens is 360 g/mol. The molecule has 0 saturated carbocycles. The van der Waals surface area contributed by atoms with Crippen molar-refractivity contribution in [2.24, 2.45) is 0 Å². The van der Waals surface area contributed by atoms with Crippen LogP contribution in [0, 0.1) is 0 Å². The number of hydrogen-bond acceptors (Lipinski definition) is 5. The monoisotopic (exact) mass is 386 g/mol. The minimum Gasteiger partial charge on any atom is -0.493 e.